The summed E-state index contributed by atoms with van der Waals surface area (Å²) in [4.78, 5) is 25.0. The molecule has 2 rings (SSSR count). The van der Waals surface area contributed by atoms with Gasteiger partial charge in [0.15, 0.2) is 11.5 Å². The van der Waals surface area contributed by atoms with Crippen molar-refractivity contribution in [1.29, 1.82) is 0 Å². The maximum absolute atomic E-state index is 11.8. The number of ether oxygens (including phenoxy) is 2. The van der Waals surface area contributed by atoms with E-state index in [2.05, 4.69) is 10.5 Å². The van der Waals surface area contributed by atoms with Gasteiger partial charge in [0.1, 0.15) is 0 Å². The monoisotopic (exact) mass is 305 g/mol. The number of hydrogen-bond donors (Lipinski definition) is 1. The van der Waals surface area contributed by atoms with Crippen LogP contribution in [0.5, 0.6) is 11.5 Å². The maximum Gasteiger partial charge on any atom is 0.329 e. The smallest absolute Gasteiger partial charge is 0.329 e. The molecule has 1 aliphatic heterocycles. The van der Waals surface area contributed by atoms with Crippen LogP contribution in [0.2, 0.25) is 0 Å². The van der Waals surface area contributed by atoms with E-state index in [4.69, 9.17) is 9.47 Å². The Morgan fingerprint density at radius 2 is 1.86 bits per heavy atom. The van der Waals surface area contributed by atoms with E-state index in [1.165, 1.54) is 18.2 Å². The minimum Gasteiger partial charge on any atom is -0.493 e. The zero-order valence-electron chi connectivity index (χ0n) is 12.7. The molecule has 1 aliphatic rings. The molecular weight excluding hydrogens is 286 g/mol. The zero-order valence-corrected chi connectivity index (χ0v) is 12.7. The van der Waals surface area contributed by atoms with Crippen molar-refractivity contribution >= 4 is 18.0 Å². The van der Waals surface area contributed by atoms with E-state index in [9.17, 15) is 9.59 Å². The number of carbonyl (C=O) groups excluding carboxylic acids is 2. The summed E-state index contributed by atoms with van der Waals surface area (Å²) in [5, 5.41) is 3.80. The molecule has 7 nitrogen and oxygen atoms in total. The lowest BCUT2D eigenvalue weighted by Gasteiger charge is -2.12. The molecule has 1 fully saturated rings. The van der Waals surface area contributed by atoms with Crippen LogP contribution >= 0.6 is 0 Å². The molecule has 1 N–H and O–H groups in total. The van der Waals surface area contributed by atoms with Crippen molar-refractivity contribution < 1.29 is 19.1 Å². The van der Waals surface area contributed by atoms with E-state index in [1.807, 2.05) is 0 Å². The number of carbonyl (C=O) groups is 2. The average Bonchev–Trinajstić information content (AvgIpc) is 3.08. The highest BCUT2D eigenvalue weighted by molar-refractivity contribution is 6.35. The molecule has 7 heteroatoms. The highest BCUT2D eigenvalue weighted by atomic mass is 16.5. The first-order valence-electron chi connectivity index (χ1n) is 7.00. The van der Waals surface area contributed by atoms with Crippen molar-refractivity contribution in [2.75, 3.05) is 27.3 Å². The predicted molar refractivity (Wildman–Crippen MR) is 81.1 cm³/mol. The largest absolute Gasteiger partial charge is 0.493 e. The van der Waals surface area contributed by atoms with Crippen LogP contribution in [0.4, 0.5) is 0 Å². The van der Waals surface area contributed by atoms with E-state index < -0.39 is 11.8 Å². The van der Waals surface area contributed by atoms with Gasteiger partial charge in [-0.1, -0.05) is 0 Å². The quantitative estimate of drug-likeness (QED) is 0.506. The number of nitrogens with one attached hydrogen (secondary N) is 1. The molecule has 0 saturated carbocycles. The molecular formula is C15H19N3O4. The van der Waals surface area contributed by atoms with Gasteiger partial charge in [0.2, 0.25) is 0 Å². The van der Waals surface area contributed by atoms with Gasteiger partial charge < -0.3 is 14.4 Å². The first-order chi connectivity index (χ1) is 10.7. The summed E-state index contributed by atoms with van der Waals surface area (Å²) in [5.74, 6) is -0.0978. The van der Waals surface area contributed by atoms with Crippen LogP contribution < -0.4 is 14.9 Å². The number of likely N-dealkylation sites (tertiary alicyclic amines) is 1. The summed E-state index contributed by atoms with van der Waals surface area (Å²) < 4.78 is 10.3. The minimum atomic E-state index is -0.723. The van der Waals surface area contributed by atoms with Crippen LogP contribution in [0, 0.1) is 0 Å². The minimum absolute atomic E-state index is 0.540. The van der Waals surface area contributed by atoms with Crippen LogP contribution in [0.25, 0.3) is 0 Å². The van der Waals surface area contributed by atoms with Crippen LogP contribution in [0.1, 0.15) is 18.4 Å². The molecule has 1 aromatic carbocycles. The summed E-state index contributed by atoms with van der Waals surface area (Å²) in [6, 6.07) is 5.22. The van der Waals surface area contributed by atoms with Gasteiger partial charge in [-0.15, -0.1) is 0 Å². The predicted octanol–water partition coefficient (Wildman–Crippen LogP) is 0.776. The Hall–Kier alpha value is -2.57. The summed E-state index contributed by atoms with van der Waals surface area (Å²) in [6.45, 7) is 1.26. The Kier molecular flexibility index (Phi) is 5.35. The molecule has 22 heavy (non-hydrogen) atoms. The summed E-state index contributed by atoms with van der Waals surface area (Å²) in [6.07, 6.45) is 3.32. The summed E-state index contributed by atoms with van der Waals surface area (Å²) >= 11 is 0. The van der Waals surface area contributed by atoms with Gasteiger partial charge in [0, 0.05) is 13.1 Å². The molecule has 0 aliphatic carbocycles. The number of benzene rings is 1. The molecule has 0 bridgehead atoms. The third kappa shape index (κ3) is 3.75. The Morgan fingerprint density at radius 1 is 1.18 bits per heavy atom. The second-order valence-electron chi connectivity index (χ2n) is 4.81. The van der Waals surface area contributed by atoms with Crippen molar-refractivity contribution in [1.82, 2.24) is 10.3 Å². The Bertz CT molecular complexity index is 580. The Balaban J connectivity index is 1.94. The Labute approximate surface area is 128 Å². The highest BCUT2D eigenvalue weighted by Crippen LogP contribution is 2.26. The maximum atomic E-state index is 11.8. The average molecular weight is 305 g/mol. The highest BCUT2D eigenvalue weighted by Gasteiger charge is 2.23. The Morgan fingerprint density at radius 3 is 2.50 bits per heavy atom. The van der Waals surface area contributed by atoms with Crippen molar-refractivity contribution in [2.24, 2.45) is 5.10 Å². The number of nitrogens with zero attached hydrogens (tertiary/aromatic N) is 2. The van der Waals surface area contributed by atoms with Crippen LogP contribution in [0.3, 0.4) is 0 Å². The first kappa shape index (κ1) is 15.8. The van der Waals surface area contributed by atoms with Crippen molar-refractivity contribution in [3.05, 3.63) is 23.8 Å². The van der Waals surface area contributed by atoms with E-state index >= 15 is 0 Å². The molecule has 1 saturated heterocycles. The van der Waals surface area contributed by atoms with Gasteiger partial charge in [0.25, 0.3) is 0 Å². The van der Waals surface area contributed by atoms with Gasteiger partial charge in [0.05, 0.1) is 20.4 Å². The summed E-state index contributed by atoms with van der Waals surface area (Å²) in [7, 11) is 3.09. The van der Waals surface area contributed by atoms with Gasteiger partial charge >= 0.3 is 11.8 Å². The standard InChI is InChI=1S/C15H19N3O4/c1-21-12-6-5-11(9-13(12)22-2)10-16-17-14(19)15(20)18-7-3-4-8-18/h5-6,9-10H,3-4,7-8H2,1-2H3,(H,17,19)/b16-10-. The molecule has 1 heterocycles. The molecule has 0 aromatic heterocycles. The van der Waals surface area contributed by atoms with E-state index in [-0.39, 0.29) is 0 Å². The lowest BCUT2D eigenvalue weighted by atomic mass is 10.2. The second kappa shape index (κ2) is 7.44. The SMILES string of the molecule is COc1ccc(/C=N\NC(=O)C(=O)N2CCCC2)cc1OC. The van der Waals surface area contributed by atoms with Gasteiger partial charge in [-0.3, -0.25) is 9.59 Å². The topological polar surface area (TPSA) is 80.2 Å². The van der Waals surface area contributed by atoms with E-state index in [1.54, 1.807) is 25.3 Å². The normalized spacial score (nSPS) is 14.2. The lowest BCUT2D eigenvalue weighted by Crippen LogP contribution is -2.39. The molecule has 1 aromatic rings. The fourth-order valence-corrected chi connectivity index (χ4v) is 2.21. The number of amides is 2. The fraction of sp³-hybridized carbons (Fsp3) is 0.400. The summed E-state index contributed by atoms with van der Waals surface area (Å²) in [5.41, 5.74) is 2.96. The van der Waals surface area contributed by atoms with Gasteiger partial charge in [-0.05, 0) is 36.6 Å². The van der Waals surface area contributed by atoms with Crippen LogP contribution in [0.15, 0.2) is 23.3 Å². The lowest BCUT2D eigenvalue weighted by molar-refractivity contribution is -0.145. The molecule has 0 spiro atoms. The second-order valence-corrected chi connectivity index (χ2v) is 4.81. The fourth-order valence-electron chi connectivity index (χ4n) is 2.21. The van der Waals surface area contributed by atoms with Crippen molar-refractivity contribution in [3.8, 4) is 11.5 Å². The molecule has 0 radical (unpaired) electrons. The van der Waals surface area contributed by atoms with Gasteiger partial charge in [-0.25, -0.2) is 5.43 Å². The third-order valence-corrected chi connectivity index (χ3v) is 3.37. The van der Waals surface area contributed by atoms with Crippen LogP contribution in [-0.4, -0.2) is 50.2 Å². The van der Waals surface area contributed by atoms with E-state index in [0.717, 1.165) is 12.8 Å². The van der Waals surface area contributed by atoms with Crippen LogP contribution in [-0.2, 0) is 9.59 Å². The number of rotatable bonds is 4. The van der Waals surface area contributed by atoms with Crippen molar-refractivity contribution in [3.63, 3.8) is 0 Å². The number of methoxy groups -OCH3 is 2. The number of hydrazone groups is 1. The first-order valence-corrected chi connectivity index (χ1v) is 7.00. The zero-order chi connectivity index (χ0) is 15.9. The molecule has 0 atom stereocenters. The molecule has 2 amide bonds. The van der Waals surface area contributed by atoms with Crippen molar-refractivity contribution in [2.45, 2.75) is 12.8 Å². The number of hydrogen-bond acceptors (Lipinski definition) is 5. The third-order valence-electron chi connectivity index (χ3n) is 3.37. The molecule has 0 unspecified atom stereocenters. The van der Waals surface area contributed by atoms with Gasteiger partial charge in [-0.2, -0.15) is 5.10 Å². The van der Waals surface area contributed by atoms with E-state index in [0.29, 0.717) is 30.2 Å². The molecule has 118 valence electrons.